The second-order valence-electron chi connectivity index (χ2n) is 8.62. The maximum absolute atomic E-state index is 13.3. The summed E-state index contributed by atoms with van der Waals surface area (Å²) < 4.78 is 27.5. The van der Waals surface area contributed by atoms with Gasteiger partial charge in [0.1, 0.15) is 0 Å². The molecule has 2 atom stereocenters. The van der Waals surface area contributed by atoms with Crippen molar-refractivity contribution >= 4 is 15.9 Å². The normalized spacial score (nSPS) is 23.6. The van der Waals surface area contributed by atoms with Gasteiger partial charge in [-0.3, -0.25) is 9.69 Å². The highest BCUT2D eigenvalue weighted by Crippen LogP contribution is 2.26. The Morgan fingerprint density at radius 2 is 1.61 bits per heavy atom. The van der Waals surface area contributed by atoms with Crippen LogP contribution in [-0.2, 0) is 21.4 Å². The maximum atomic E-state index is 13.3. The Bertz CT molecular complexity index is 982. The fourth-order valence-corrected chi connectivity index (χ4v) is 6.23. The summed E-state index contributed by atoms with van der Waals surface area (Å²) in [6, 6.07) is 19.0. The lowest BCUT2D eigenvalue weighted by Crippen LogP contribution is -2.56. The summed E-state index contributed by atoms with van der Waals surface area (Å²) in [7, 11) is -3.56. The van der Waals surface area contributed by atoms with Crippen molar-refractivity contribution in [1.29, 1.82) is 0 Å². The van der Waals surface area contributed by atoms with Gasteiger partial charge in [-0.25, -0.2) is 8.42 Å². The standard InChI is InChI=1S/C24H31N3O3S/c1-20-17-25(18-21-9-4-2-5-10-21)15-16-27(20)24(28)22-11-8-14-26(19-22)31(29,30)23-12-6-3-7-13-23/h2-7,9-10,12-13,20,22H,8,11,14-19H2,1H3/t20-,22?/m1/s1. The van der Waals surface area contributed by atoms with E-state index in [2.05, 4.69) is 36.1 Å². The van der Waals surface area contributed by atoms with Crippen LogP contribution in [0.3, 0.4) is 0 Å². The van der Waals surface area contributed by atoms with Crippen LogP contribution < -0.4 is 0 Å². The summed E-state index contributed by atoms with van der Waals surface area (Å²) in [4.78, 5) is 18.0. The van der Waals surface area contributed by atoms with Gasteiger partial charge in [0.05, 0.1) is 10.8 Å². The van der Waals surface area contributed by atoms with Crippen molar-refractivity contribution in [2.24, 2.45) is 5.92 Å². The number of benzene rings is 2. The molecule has 0 aromatic heterocycles. The molecular formula is C24H31N3O3S. The summed E-state index contributed by atoms with van der Waals surface area (Å²) in [6.07, 6.45) is 1.46. The summed E-state index contributed by atoms with van der Waals surface area (Å²) in [5.74, 6) is -0.171. The lowest BCUT2D eigenvalue weighted by molar-refractivity contribution is -0.141. The second-order valence-corrected chi connectivity index (χ2v) is 10.6. The molecule has 0 radical (unpaired) electrons. The molecule has 7 heteroatoms. The number of carbonyl (C=O) groups excluding carboxylic acids is 1. The fraction of sp³-hybridized carbons (Fsp3) is 0.458. The van der Waals surface area contributed by atoms with E-state index >= 15 is 0 Å². The van der Waals surface area contributed by atoms with Crippen molar-refractivity contribution < 1.29 is 13.2 Å². The predicted molar refractivity (Wildman–Crippen MR) is 121 cm³/mol. The van der Waals surface area contributed by atoms with Crippen LogP contribution in [0, 0.1) is 5.92 Å². The molecule has 2 heterocycles. The Labute approximate surface area is 185 Å². The van der Waals surface area contributed by atoms with Crippen LogP contribution in [-0.4, -0.2) is 67.2 Å². The van der Waals surface area contributed by atoms with Gasteiger partial charge in [-0.1, -0.05) is 48.5 Å². The Morgan fingerprint density at radius 3 is 2.29 bits per heavy atom. The molecule has 0 saturated carbocycles. The van der Waals surface area contributed by atoms with Crippen molar-refractivity contribution in [3.63, 3.8) is 0 Å². The van der Waals surface area contributed by atoms with Gasteiger partial charge in [-0.05, 0) is 37.5 Å². The number of hydrogen-bond acceptors (Lipinski definition) is 4. The minimum Gasteiger partial charge on any atom is -0.337 e. The maximum Gasteiger partial charge on any atom is 0.243 e. The zero-order chi connectivity index (χ0) is 21.8. The van der Waals surface area contributed by atoms with Crippen LogP contribution in [0.25, 0.3) is 0 Å². The molecule has 1 amide bonds. The molecule has 0 aliphatic carbocycles. The second kappa shape index (κ2) is 9.51. The van der Waals surface area contributed by atoms with E-state index in [0.717, 1.165) is 26.1 Å². The van der Waals surface area contributed by atoms with E-state index in [1.54, 1.807) is 30.3 Å². The van der Waals surface area contributed by atoms with Gasteiger partial charge in [0.25, 0.3) is 0 Å². The zero-order valence-corrected chi connectivity index (χ0v) is 18.9. The van der Waals surface area contributed by atoms with Crippen LogP contribution in [0.2, 0.25) is 0 Å². The van der Waals surface area contributed by atoms with E-state index in [0.29, 0.717) is 24.4 Å². The van der Waals surface area contributed by atoms with Gasteiger partial charge in [0.15, 0.2) is 0 Å². The lowest BCUT2D eigenvalue weighted by Gasteiger charge is -2.42. The van der Waals surface area contributed by atoms with E-state index in [1.807, 2.05) is 11.0 Å². The molecule has 0 bridgehead atoms. The van der Waals surface area contributed by atoms with Gasteiger partial charge in [0, 0.05) is 45.3 Å². The smallest absolute Gasteiger partial charge is 0.243 e. The third-order valence-corrected chi connectivity index (χ3v) is 8.24. The van der Waals surface area contributed by atoms with Crippen molar-refractivity contribution in [2.45, 2.75) is 37.2 Å². The average Bonchev–Trinajstić information content (AvgIpc) is 2.80. The van der Waals surface area contributed by atoms with E-state index in [4.69, 9.17) is 0 Å². The Kier molecular flexibility index (Phi) is 6.74. The number of amides is 1. The van der Waals surface area contributed by atoms with Crippen LogP contribution in [0.1, 0.15) is 25.3 Å². The third-order valence-electron chi connectivity index (χ3n) is 6.36. The third kappa shape index (κ3) is 5.00. The van der Waals surface area contributed by atoms with Crippen LogP contribution in [0.4, 0.5) is 0 Å². The SMILES string of the molecule is C[C@@H]1CN(Cc2ccccc2)CCN1C(=O)C1CCCN(S(=O)(=O)c2ccccc2)C1. The van der Waals surface area contributed by atoms with E-state index in [9.17, 15) is 13.2 Å². The monoisotopic (exact) mass is 441 g/mol. The van der Waals surface area contributed by atoms with Crippen molar-refractivity contribution in [3.8, 4) is 0 Å². The first kappa shape index (κ1) is 22.0. The van der Waals surface area contributed by atoms with E-state index in [-0.39, 0.29) is 24.4 Å². The number of piperidine rings is 1. The first-order valence-corrected chi connectivity index (χ1v) is 12.5. The molecule has 2 aromatic rings. The number of piperazine rings is 1. The van der Waals surface area contributed by atoms with E-state index in [1.165, 1.54) is 9.87 Å². The van der Waals surface area contributed by atoms with Gasteiger partial charge < -0.3 is 4.90 Å². The minimum atomic E-state index is -3.56. The summed E-state index contributed by atoms with van der Waals surface area (Å²) in [6.45, 7) is 6.09. The quantitative estimate of drug-likeness (QED) is 0.716. The molecule has 2 saturated heterocycles. The molecule has 4 rings (SSSR count). The number of nitrogens with zero attached hydrogens (tertiary/aromatic N) is 3. The Morgan fingerprint density at radius 1 is 0.935 bits per heavy atom. The number of hydrogen-bond donors (Lipinski definition) is 0. The van der Waals surface area contributed by atoms with Crippen molar-refractivity contribution in [2.75, 3.05) is 32.7 Å². The molecule has 1 unspecified atom stereocenters. The molecule has 2 fully saturated rings. The Balaban J connectivity index is 1.38. The molecule has 0 N–H and O–H groups in total. The van der Waals surface area contributed by atoms with Gasteiger partial charge >= 0.3 is 0 Å². The summed E-state index contributed by atoms with van der Waals surface area (Å²) in [5.41, 5.74) is 1.28. The predicted octanol–water partition coefficient (Wildman–Crippen LogP) is 2.82. The topological polar surface area (TPSA) is 60.9 Å². The highest BCUT2D eigenvalue weighted by molar-refractivity contribution is 7.89. The summed E-state index contributed by atoms with van der Waals surface area (Å²) >= 11 is 0. The minimum absolute atomic E-state index is 0.0971. The molecule has 6 nitrogen and oxygen atoms in total. The van der Waals surface area contributed by atoms with Crippen LogP contribution in [0.15, 0.2) is 65.6 Å². The largest absolute Gasteiger partial charge is 0.337 e. The molecule has 2 aliphatic heterocycles. The van der Waals surface area contributed by atoms with Crippen LogP contribution in [0.5, 0.6) is 0 Å². The highest BCUT2D eigenvalue weighted by Gasteiger charge is 2.37. The fourth-order valence-electron chi connectivity index (χ4n) is 4.68. The number of sulfonamides is 1. The lowest BCUT2D eigenvalue weighted by atomic mass is 9.96. The first-order valence-electron chi connectivity index (χ1n) is 11.1. The number of rotatable bonds is 5. The van der Waals surface area contributed by atoms with Gasteiger partial charge in [-0.2, -0.15) is 4.31 Å². The molecule has 0 spiro atoms. The van der Waals surface area contributed by atoms with Crippen molar-refractivity contribution in [1.82, 2.24) is 14.1 Å². The Hall–Kier alpha value is -2.22. The zero-order valence-electron chi connectivity index (χ0n) is 18.1. The van der Waals surface area contributed by atoms with Crippen LogP contribution >= 0.6 is 0 Å². The average molecular weight is 442 g/mol. The highest BCUT2D eigenvalue weighted by atomic mass is 32.2. The van der Waals surface area contributed by atoms with E-state index < -0.39 is 10.0 Å². The first-order chi connectivity index (χ1) is 14.9. The molecule has 2 aliphatic rings. The summed E-state index contributed by atoms with van der Waals surface area (Å²) in [5, 5.41) is 0. The molecule has 2 aromatic carbocycles. The van der Waals surface area contributed by atoms with Gasteiger partial charge in [0.2, 0.25) is 15.9 Å². The molecular weight excluding hydrogens is 410 g/mol. The number of carbonyl (C=O) groups is 1. The molecule has 166 valence electrons. The van der Waals surface area contributed by atoms with Gasteiger partial charge in [-0.15, -0.1) is 0 Å². The van der Waals surface area contributed by atoms with Crippen molar-refractivity contribution in [3.05, 3.63) is 66.2 Å². The molecule has 31 heavy (non-hydrogen) atoms.